The zero-order chi connectivity index (χ0) is 14.4. The molecule has 0 radical (unpaired) electrons. The molecule has 3 nitrogen and oxygen atoms in total. The standard InChI is InChI=1S/C17H25N3.HI/c1-13-8-9-16(12-14(13)2)20-17(18)19-11-10-15-6-4-3-5-7-15;/h6,8-9,12H,3-5,7,10-11H2,1-2H3,(H3,18,19,20);1H. The van der Waals surface area contributed by atoms with Crippen molar-refractivity contribution < 1.29 is 0 Å². The molecule has 0 heterocycles. The fourth-order valence-corrected chi connectivity index (χ4v) is 2.46. The number of allylic oxidation sites excluding steroid dienone is 1. The van der Waals surface area contributed by atoms with Gasteiger partial charge in [-0.2, -0.15) is 0 Å². The molecule has 1 aromatic rings. The topological polar surface area (TPSA) is 50.4 Å². The van der Waals surface area contributed by atoms with Crippen LogP contribution in [0, 0.1) is 13.8 Å². The van der Waals surface area contributed by atoms with Crippen LogP contribution in [-0.2, 0) is 0 Å². The van der Waals surface area contributed by atoms with Gasteiger partial charge in [-0.05, 0) is 69.2 Å². The number of hydrogen-bond acceptors (Lipinski definition) is 1. The average Bonchev–Trinajstić information content (AvgIpc) is 2.44. The van der Waals surface area contributed by atoms with Gasteiger partial charge < -0.3 is 11.1 Å². The molecule has 2 rings (SSSR count). The van der Waals surface area contributed by atoms with Gasteiger partial charge in [-0.25, -0.2) is 0 Å². The summed E-state index contributed by atoms with van der Waals surface area (Å²) in [6.45, 7) is 4.98. The van der Waals surface area contributed by atoms with Crippen molar-refractivity contribution in [1.29, 1.82) is 0 Å². The minimum Gasteiger partial charge on any atom is -0.370 e. The van der Waals surface area contributed by atoms with Gasteiger partial charge in [0, 0.05) is 12.2 Å². The minimum atomic E-state index is 0. The van der Waals surface area contributed by atoms with Crippen LogP contribution >= 0.6 is 24.0 Å². The number of aryl methyl sites for hydroxylation is 2. The summed E-state index contributed by atoms with van der Waals surface area (Å²) in [5, 5.41) is 3.16. The maximum absolute atomic E-state index is 5.93. The van der Waals surface area contributed by atoms with Gasteiger partial charge in [-0.1, -0.05) is 17.7 Å². The summed E-state index contributed by atoms with van der Waals surface area (Å²) in [4.78, 5) is 4.41. The molecule has 1 aliphatic rings. The Balaban J connectivity index is 0.00000220. The molecule has 0 bridgehead atoms. The van der Waals surface area contributed by atoms with E-state index < -0.39 is 0 Å². The van der Waals surface area contributed by atoms with Gasteiger partial charge in [0.1, 0.15) is 0 Å². The Morgan fingerprint density at radius 2 is 2.05 bits per heavy atom. The van der Waals surface area contributed by atoms with E-state index in [0.29, 0.717) is 5.96 Å². The number of guanidine groups is 1. The first kappa shape index (κ1) is 18.0. The summed E-state index contributed by atoms with van der Waals surface area (Å²) < 4.78 is 0. The van der Waals surface area contributed by atoms with E-state index in [4.69, 9.17) is 5.73 Å². The monoisotopic (exact) mass is 399 g/mol. The van der Waals surface area contributed by atoms with Crippen LogP contribution in [0.5, 0.6) is 0 Å². The van der Waals surface area contributed by atoms with Crippen LogP contribution in [0.2, 0.25) is 0 Å². The molecule has 1 aliphatic carbocycles. The molecule has 0 saturated carbocycles. The Bertz CT molecular complexity index is 521. The average molecular weight is 399 g/mol. The Morgan fingerprint density at radius 1 is 1.24 bits per heavy atom. The van der Waals surface area contributed by atoms with Gasteiger partial charge >= 0.3 is 0 Å². The van der Waals surface area contributed by atoms with Crippen LogP contribution in [0.25, 0.3) is 0 Å². The zero-order valence-corrected chi connectivity index (χ0v) is 15.3. The lowest BCUT2D eigenvalue weighted by Crippen LogP contribution is -2.23. The second-order valence-electron chi connectivity index (χ2n) is 5.55. The van der Waals surface area contributed by atoms with E-state index in [2.05, 4.69) is 42.4 Å². The predicted molar refractivity (Wildman–Crippen MR) is 103 cm³/mol. The molecule has 0 aromatic heterocycles. The van der Waals surface area contributed by atoms with Gasteiger partial charge in [0.25, 0.3) is 0 Å². The summed E-state index contributed by atoms with van der Waals surface area (Å²) in [6, 6.07) is 6.23. The molecule has 1 aromatic carbocycles. The third-order valence-electron chi connectivity index (χ3n) is 3.88. The summed E-state index contributed by atoms with van der Waals surface area (Å²) in [7, 11) is 0. The molecule has 4 heteroatoms. The van der Waals surface area contributed by atoms with Crippen LogP contribution in [-0.4, -0.2) is 12.5 Å². The Labute approximate surface area is 145 Å². The van der Waals surface area contributed by atoms with Crippen molar-refractivity contribution in [2.45, 2.75) is 46.0 Å². The van der Waals surface area contributed by atoms with Crippen molar-refractivity contribution in [2.75, 3.05) is 11.9 Å². The van der Waals surface area contributed by atoms with Crippen molar-refractivity contribution in [3.05, 3.63) is 41.0 Å². The Hall–Kier alpha value is -1.04. The van der Waals surface area contributed by atoms with Crippen molar-refractivity contribution in [1.82, 2.24) is 0 Å². The van der Waals surface area contributed by atoms with E-state index in [1.165, 1.54) is 36.8 Å². The smallest absolute Gasteiger partial charge is 0.193 e. The lowest BCUT2D eigenvalue weighted by molar-refractivity contribution is 0.676. The third-order valence-corrected chi connectivity index (χ3v) is 3.88. The molecular weight excluding hydrogens is 373 g/mol. The minimum absolute atomic E-state index is 0. The number of aliphatic imine (C=N–C) groups is 1. The van der Waals surface area contributed by atoms with Gasteiger partial charge in [0.15, 0.2) is 5.96 Å². The highest BCUT2D eigenvalue weighted by molar-refractivity contribution is 14.0. The van der Waals surface area contributed by atoms with Gasteiger partial charge in [0.05, 0.1) is 0 Å². The molecule has 0 amide bonds. The number of rotatable bonds is 4. The second-order valence-corrected chi connectivity index (χ2v) is 5.55. The molecule has 0 saturated heterocycles. The van der Waals surface area contributed by atoms with Gasteiger partial charge in [-0.3, -0.25) is 4.99 Å². The zero-order valence-electron chi connectivity index (χ0n) is 13.0. The number of nitrogens with one attached hydrogen (secondary N) is 1. The van der Waals surface area contributed by atoms with Crippen LogP contribution in [0.4, 0.5) is 5.69 Å². The van der Waals surface area contributed by atoms with Crippen LogP contribution in [0.1, 0.15) is 43.2 Å². The van der Waals surface area contributed by atoms with Crippen LogP contribution in [0.15, 0.2) is 34.8 Å². The molecule has 3 N–H and O–H groups in total. The first-order valence-electron chi connectivity index (χ1n) is 7.47. The molecule has 0 aliphatic heterocycles. The van der Waals surface area contributed by atoms with Crippen LogP contribution in [0.3, 0.4) is 0 Å². The van der Waals surface area contributed by atoms with Gasteiger partial charge in [-0.15, -0.1) is 24.0 Å². The highest BCUT2D eigenvalue weighted by Crippen LogP contribution is 2.19. The molecule has 0 atom stereocenters. The summed E-state index contributed by atoms with van der Waals surface area (Å²) in [5.41, 5.74) is 11.0. The lowest BCUT2D eigenvalue weighted by atomic mass is 9.97. The highest BCUT2D eigenvalue weighted by atomic mass is 127. The lowest BCUT2D eigenvalue weighted by Gasteiger charge is -2.11. The van der Waals surface area contributed by atoms with Crippen molar-refractivity contribution in [2.24, 2.45) is 10.7 Å². The molecule has 0 spiro atoms. The molecule has 21 heavy (non-hydrogen) atoms. The number of nitrogens with two attached hydrogens (primary N) is 1. The van der Waals surface area contributed by atoms with E-state index in [1.54, 1.807) is 5.57 Å². The van der Waals surface area contributed by atoms with E-state index in [0.717, 1.165) is 18.7 Å². The fraction of sp³-hybridized carbons (Fsp3) is 0.471. The summed E-state index contributed by atoms with van der Waals surface area (Å²) >= 11 is 0. The van der Waals surface area contributed by atoms with E-state index in [-0.39, 0.29) is 24.0 Å². The van der Waals surface area contributed by atoms with Crippen molar-refractivity contribution in [3.63, 3.8) is 0 Å². The number of anilines is 1. The quantitative estimate of drug-likeness (QED) is 0.338. The normalized spacial score (nSPS) is 15.1. The molecular formula is C17H26IN3. The number of benzene rings is 1. The SMILES string of the molecule is Cc1ccc(NC(N)=NCCC2=CCCCC2)cc1C.I. The van der Waals surface area contributed by atoms with Crippen LogP contribution < -0.4 is 11.1 Å². The third kappa shape index (κ3) is 6.08. The summed E-state index contributed by atoms with van der Waals surface area (Å²) in [5.74, 6) is 0.504. The molecule has 0 fully saturated rings. The summed E-state index contributed by atoms with van der Waals surface area (Å²) in [6.07, 6.45) is 8.53. The largest absolute Gasteiger partial charge is 0.370 e. The maximum atomic E-state index is 5.93. The number of halogens is 1. The number of nitrogens with zero attached hydrogens (tertiary/aromatic N) is 1. The molecule has 116 valence electrons. The van der Waals surface area contributed by atoms with E-state index in [1.807, 2.05) is 6.07 Å². The molecule has 0 unspecified atom stereocenters. The van der Waals surface area contributed by atoms with Gasteiger partial charge in [0.2, 0.25) is 0 Å². The Morgan fingerprint density at radius 3 is 2.71 bits per heavy atom. The van der Waals surface area contributed by atoms with Crippen molar-refractivity contribution >= 4 is 35.6 Å². The van der Waals surface area contributed by atoms with Crippen molar-refractivity contribution in [3.8, 4) is 0 Å². The highest BCUT2D eigenvalue weighted by Gasteiger charge is 2.03. The first-order valence-corrected chi connectivity index (χ1v) is 7.47. The Kier molecular flexibility index (Phi) is 7.78. The number of hydrogen-bond donors (Lipinski definition) is 2. The maximum Gasteiger partial charge on any atom is 0.193 e. The van der Waals surface area contributed by atoms with E-state index >= 15 is 0 Å². The van der Waals surface area contributed by atoms with E-state index in [9.17, 15) is 0 Å². The second kappa shape index (κ2) is 9.07. The fourth-order valence-electron chi connectivity index (χ4n) is 2.46. The first-order chi connectivity index (χ1) is 9.65. The predicted octanol–water partition coefficient (Wildman–Crippen LogP) is 4.54.